The molecule has 0 aliphatic rings. The van der Waals surface area contributed by atoms with E-state index in [0.29, 0.717) is 23.5 Å². The number of carbonyl (C=O) groups is 2. The number of methoxy groups -OCH3 is 1. The number of halogens is 1. The molecule has 0 aliphatic heterocycles. The van der Waals surface area contributed by atoms with E-state index >= 15 is 0 Å². The van der Waals surface area contributed by atoms with Crippen LogP contribution in [0.15, 0.2) is 78.9 Å². The largest absolute Gasteiger partial charge is 0.493 e. The first-order valence-electron chi connectivity index (χ1n) is 12.0. The number of nitrogens with zero attached hydrogens (tertiary/aromatic N) is 1. The van der Waals surface area contributed by atoms with Crippen LogP contribution in [0, 0.1) is 5.82 Å². The maximum Gasteiger partial charge on any atom is 0.261 e. The van der Waals surface area contributed by atoms with Crippen LogP contribution in [0.3, 0.4) is 0 Å². The standard InChI is InChI=1S/C29H33FN2O4/c1-4-21(2)31-29(34)25(18-22-10-6-5-7-11-22)32(19-23-14-16-24(30)17-15-23)28(33)20-36-27-13-9-8-12-26(27)35-3/h5-17,21,25H,4,18-20H2,1-3H3,(H,31,34)/t21-,25-/m0/s1. The maximum absolute atomic E-state index is 13.6. The summed E-state index contributed by atoms with van der Waals surface area (Å²) in [5.74, 6) is -0.0533. The SMILES string of the molecule is CC[C@H](C)NC(=O)[C@H](Cc1ccccc1)N(Cc1ccc(F)cc1)C(=O)COc1ccccc1OC. The Morgan fingerprint density at radius 3 is 2.19 bits per heavy atom. The van der Waals surface area contributed by atoms with Gasteiger partial charge in [0.1, 0.15) is 11.9 Å². The first kappa shape index (κ1) is 26.7. The smallest absolute Gasteiger partial charge is 0.261 e. The molecular weight excluding hydrogens is 459 g/mol. The highest BCUT2D eigenvalue weighted by Crippen LogP contribution is 2.26. The molecule has 0 radical (unpaired) electrons. The van der Waals surface area contributed by atoms with Crippen LogP contribution < -0.4 is 14.8 Å². The summed E-state index contributed by atoms with van der Waals surface area (Å²) in [6.45, 7) is 3.75. The van der Waals surface area contributed by atoms with E-state index in [9.17, 15) is 14.0 Å². The van der Waals surface area contributed by atoms with Gasteiger partial charge in [-0.2, -0.15) is 0 Å². The number of carbonyl (C=O) groups excluding carboxylic acids is 2. The summed E-state index contributed by atoms with van der Waals surface area (Å²) in [6.07, 6.45) is 1.08. The van der Waals surface area contributed by atoms with Gasteiger partial charge in [-0.1, -0.05) is 61.5 Å². The molecule has 2 amide bonds. The van der Waals surface area contributed by atoms with Crippen molar-refractivity contribution in [3.63, 3.8) is 0 Å². The van der Waals surface area contributed by atoms with Crippen LogP contribution in [0.4, 0.5) is 4.39 Å². The second-order valence-corrected chi connectivity index (χ2v) is 8.61. The van der Waals surface area contributed by atoms with E-state index < -0.39 is 6.04 Å². The highest BCUT2D eigenvalue weighted by molar-refractivity contribution is 5.88. The molecule has 3 aromatic rings. The lowest BCUT2D eigenvalue weighted by Crippen LogP contribution is -2.53. The minimum atomic E-state index is -0.791. The molecule has 0 aliphatic carbocycles. The van der Waals surface area contributed by atoms with E-state index in [2.05, 4.69) is 5.32 Å². The van der Waals surface area contributed by atoms with Gasteiger partial charge in [-0.3, -0.25) is 9.59 Å². The fraction of sp³-hybridized carbons (Fsp3) is 0.310. The summed E-state index contributed by atoms with van der Waals surface area (Å²) in [7, 11) is 1.53. The third-order valence-corrected chi connectivity index (χ3v) is 5.96. The Hall–Kier alpha value is -3.87. The van der Waals surface area contributed by atoms with Crippen LogP contribution in [0.25, 0.3) is 0 Å². The zero-order chi connectivity index (χ0) is 25.9. The molecule has 2 atom stereocenters. The number of rotatable bonds is 12. The molecule has 36 heavy (non-hydrogen) atoms. The molecule has 0 aromatic heterocycles. The Kier molecular flexibility index (Phi) is 9.86. The highest BCUT2D eigenvalue weighted by Gasteiger charge is 2.31. The van der Waals surface area contributed by atoms with Crippen molar-refractivity contribution in [2.75, 3.05) is 13.7 Å². The topological polar surface area (TPSA) is 67.9 Å². The monoisotopic (exact) mass is 492 g/mol. The van der Waals surface area contributed by atoms with Crippen molar-refractivity contribution >= 4 is 11.8 Å². The number of hydrogen-bond donors (Lipinski definition) is 1. The summed E-state index contributed by atoms with van der Waals surface area (Å²) >= 11 is 0. The van der Waals surface area contributed by atoms with Crippen molar-refractivity contribution in [2.24, 2.45) is 0 Å². The quantitative estimate of drug-likeness (QED) is 0.396. The van der Waals surface area contributed by atoms with Crippen LogP contribution in [0.5, 0.6) is 11.5 Å². The van der Waals surface area contributed by atoms with Crippen molar-refractivity contribution in [3.8, 4) is 11.5 Å². The van der Waals surface area contributed by atoms with E-state index in [1.54, 1.807) is 30.3 Å². The van der Waals surface area contributed by atoms with Crippen LogP contribution in [0.1, 0.15) is 31.4 Å². The lowest BCUT2D eigenvalue weighted by atomic mass is 10.0. The molecule has 3 rings (SSSR count). The van der Waals surface area contributed by atoms with Gasteiger partial charge in [0.25, 0.3) is 5.91 Å². The van der Waals surface area contributed by atoms with Crippen molar-refractivity contribution in [3.05, 3.63) is 95.8 Å². The fourth-order valence-electron chi connectivity index (χ4n) is 3.74. The number of amides is 2. The third-order valence-electron chi connectivity index (χ3n) is 5.96. The molecule has 0 unspecified atom stereocenters. The molecular formula is C29H33FN2O4. The van der Waals surface area contributed by atoms with Gasteiger partial charge in [0, 0.05) is 19.0 Å². The van der Waals surface area contributed by atoms with Gasteiger partial charge in [0.15, 0.2) is 18.1 Å². The number of benzene rings is 3. The third kappa shape index (κ3) is 7.57. The summed E-state index contributed by atoms with van der Waals surface area (Å²) < 4.78 is 24.7. The number of para-hydroxylation sites is 2. The Morgan fingerprint density at radius 2 is 1.56 bits per heavy atom. The molecule has 0 heterocycles. The lowest BCUT2D eigenvalue weighted by Gasteiger charge is -2.32. The Labute approximate surface area is 212 Å². The van der Waals surface area contributed by atoms with Crippen LogP contribution in [-0.2, 0) is 22.6 Å². The van der Waals surface area contributed by atoms with E-state index in [-0.39, 0.29) is 36.8 Å². The average Bonchev–Trinajstić information content (AvgIpc) is 2.90. The number of hydrogen-bond acceptors (Lipinski definition) is 4. The predicted octanol–water partition coefficient (Wildman–Crippen LogP) is 4.77. The van der Waals surface area contributed by atoms with E-state index in [1.807, 2.05) is 50.2 Å². The van der Waals surface area contributed by atoms with Crippen LogP contribution >= 0.6 is 0 Å². The Balaban J connectivity index is 1.92. The molecule has 190 valence electrons. The summed E-state index contributed by atoms with van der Waals surface area (Å²) in [5, 5.41) is 3.02. The van der Waals surface area contributed by atoms with Crippen molar-refractivity contribution in [1.29, 1.82) is 0 Å². The minimum absolute atomic E-state index is 0.0524. The molecule has 3 aromatic carbocycles. The molecule has 0 fully saturated rings. The van der Waals surface area contributed by atoms with E-state index in [4.69, 9.17) is 9.47 Å². The van der Waals surface area contributed by atoms with Crippen molar-refractivity contribution in [1.82, 2.24) is 10.2 Å². The van der Waals surface area contributed by atoms with Gasteiger partial charge in [-0.05, 0) is 48.7 Å². The summed E-state index contributed by atoms with van der Waals surface area (Å²) in [6, 6.07) is 21.7. The molecule has 7 heteroatoms. The van der Waals surface area contributed by atoms with Gasteiger partial charge in [-0.25, -0.2) is 4.39 Å². The summed E-state index contributed by atoms with van der Waals surface area (Å²) in [4.78, 5) is 28.5. The number of nitrogens with one attached hydrogen (secondary N) is 1. The van der Waals surface area contributed by atoms with Crippen LogP contribution in [0.2, 0.25) is 0 Å². The molecule has 0 spiro atoms. The summed E-state index contributed by atoms with van der Waals surface area (Å²) in [5.41, 5.74) is 1.63. The van der Waals surface area contributed by atoms with Gasteiger partial charge >= 0.3 is 0 Å². The predicted molar refractivity (Wildman–Crippen MR) is 137 cm³/mol. The molecule has 1 N–H and O–H groups in total. The first-order valence-corrected chi connectivity index (χ1v) is 12.0. The maximum atomic E-state index is 13.6. The van der Waals surface area contributed by atoms with Gasteiger partial charge < -0.3 is 19.7 Å². The molecule has 0 saturated carbocycles. The second kappa shape index (κ2) is 13.3. The van der Waals surface area contributed by atoms with E-state index in [0.717, 1.165) is 12.0 Å². The van der Waals surface area contributed by atoms with Crippen LogP contribution in [-0.4, -0.2) is 42.5 Å². The average molecular weight is 493 g/mol. The van der Waals surface area contributed by atoms with Crippen molar-refractivity contribution in [2.45, 2.75) is 45.3 Å². The minimum Gasteiger partial charge on any atom is -0.493 e. The molecule has 0 bridgehead atoms. The fourth-order valence-corrected chi connectivity index (χ4v) is 3.74. The highest BCUT2D eigenvalue weighted by atomic mass is 19.1. The first-order chi connectivity index (χ1) is 17.4. The molecule has 0 saturated heterocycles. The lowest BCUT2D eigenvalue weighted by molar-refractivity contribution is -0.143. The zero-order valence-corrected chi connectivity index (χ0v) is 20.9. The molecule has 6 nitrogen and oxygen atoms in total. The normalized spacial score (nSPS) is 12.3. The number of ether oxygens (including phenoxy) is 2. The Morgan fingerprint density at radius 1 is 0.917 bits per heavy atom. The van der Waals surface area contributed by atoms with Crippen molar-refractivity contribution < 1.29 is 23.5 Å². The van der Waals surface area contributed by atoms with Gasteiger partial charge in [0.05, 0.1) is 7.11 Å². The Bertz CT molecular complexity index is 1120. The second-order valence-electron chi connectivity index (χ2n) is 8.61. The van der Waals surface area contributed by atoms with E-state index in [1.165, 1.54) is 24.1 Å². The zero-order valence-electron chi connectivity index (χ0n) is 20.9. The van der Waals surface area contributed by atoms with Gasteiger partial charge in [0.2, 0.25) is 5.91 Å². The van der Waals surface area contributed by atoms with Gasteiger partial charge in [-0.15, -0.1) is 0 Å².